The van der Waals surface area contributed by atoms with Crippen LogP contribution in [0.4, 0.5) is 4.39 Å². The number of nitrogens with two attached hydrogens (primary N) is 2. The third-order valence-electron chi connectivity index (χ3n) is 5.34. The van der Waals surface area contributed by atoms with Gasteiger partial charge in [0.25, 0.3) is 19.7 Å². The fourth-order valence-electron chi connectivity index (χ4n) is 3.52. The molecule has 0 saturated carbocycles. The molecule has 1 saturated heterocycles. The van der Waals surface area contributed by atoms with Crippen molar-refractivity contribution in [1.82, 2.24) is 10.6 Å². The van der Waals surface area contributed by atoms with E-state index in [2.05, 4.69) is 22.4 Å². The molecule has 0 spiro atoms. The summed E-state index contributed by atoms with van der Waals surface area (Å²) in [4.78, 5) is 24.1. The number of amides is 2. The van der Waals surface area contributed by atoms with E-state index >= 15 is 0 Å². The van der Waals surface area contributed by atoms with Crippen molar-refractivity contribution in [3.63, 3.8) is 0 Å². The first-order valence-corrected chi connectivity index (χ1v) is 15.5. The van der Waals surface area contributed by atoms with Crippen molar-refractivity contribution in [3.05, 3.63) is 29.8 Å². The quantitative estimate of drug-likeness (QED) is 0.0341. The monoisotopic (exact) mass is 615 g/mol. The summed E-state index contributed by atoms with van der Waals surface area (Å²) in [6.07, 6.45) is 0.889. The number of aliphatic hydroxyl groups is 1. The molecule has 0 aromatic heterocycles. The van der Waals surface area contributed by atoms with Gasteiger partial charge >= 0.3 is 0 Å². The number of carbonyl (C=O) groups excluding carboxylic acids is 2. The molecule has 0 bridgehead atoms. The second-order valence-corrected chi connectivity index (χ2v) is 11.0. The zero-order valence-corrected chi connectivity index (χ0v) is 24.4. The van der Waals surface area contributed by atoms with Gasteiger partial charge in [-0.3, -0.25) is 15.3 Å². The van der Waals surface area contributed by atoms with Gasteiger partial charge in [0.15, 0.2) is 0 Å². The Morgan fingerprint density at radius 1 is 1.34 bits per heavy atom. The average molecular weight is 616 g/mol. The third kappa shape index (κ3) is 14.6. The van der Waals surface area contributed by atoms with Crippen LogP contribution < -0.4 is 26.8 Å². The van der Waals surface area contributed by atoms with Gasteiger partial charge in [0.05, 0.1) is 32.5 Å². The molecule has 16 heteroatoms. The predicted octanol–water partition coefficient (Wildman–Crippen LogP) is -0.390. The highest BCUT2D eigenvalue weighted by atomic mass is 33.1. The number of ether oxygens (including phenoxy) is 5. The van der Waals surface area contributed by atoms with Crippen LogP contribution in [0.2, 0.25) is 0 Å². The number of alkyl halides is 1. The first-order chi connectivity index (χ1) is 19.9. The van der Waals surface area contributed by atoms with E-state index in [9.17, 15) is 19.1 Å². The van der Waals surface area contributed by atoms with Gasteiger partial charge in [0.1, 0.15) is 30.5 Å². The Hall–Kier alpha value is -2.07. The number of halogens is 1. The molecule has 1 aliphatic heterocycles. The largest absolute Gasteiger partial charge is 0.490 e. The normalized spacial score (nSPS) is 19.5. The fraction of sp³-hybridized carbons (Fsp3) is 0.600. The van der Waals surface area contributed by atoms with Crippen molar-refractivity contribution < 1.29 is 42.8 Å². The molecule has 1 aromatic rings. The molecule has 227 valence electrons. The van der Waals surface area contributed by atoms with Crippen molar-refractivity contribution in [1.29, 1.82) is 0 Å². The van der Waals surface area contributed by atoms with Crippen LogP contribution in [0.5, 0.6) is 5.75 Å². The van der Waals surface area contributed by atoms with E-state index in [1.54, 1.807) is 31.5 Å². The van der Waals surface area contributed by atoms with Crippen molar-refractivity contribution >= 4 is 40.7 Å². The molecule has 2 amide bonds. The minimum Gasteiger partial charge on any atom is -0.490 e. The summed E-state index contributed by atoms with van der Waals surface area (Å²) in [7, 11) is 4.56. The molecule has 5 atom stereocenters. The fourth-order valence-corrected chi connectivity index (χ4v) is 4.98. The number of benzene rings is 1. The van der Waals surface area contributed by atoms with E-state index < -0.39 is 24.7 Å². The molecule has 41 heavy (non-hydrogen) atoms. The Labute approximate surface area is 248 Å². The summed E-state index contributed by atoms with van der Waals surface area (Å²) >= 11 is 0. The molecule has 1 fully saturated rings. The summed E-state index contributed by atoms with van der Waals surface area (Å²) in [5, 5.41) is 14.6. The number of carbonyl (C=O) groups is 2. The summed E-state index contributed by atoms with van der Waals surface area (Å²) in [6.45, 7) is -0.887. The Kier molecular flexibility index (Phi) is 17.8. The van der Waals surface area contributed by atoms with Crippen LogP contribution in [0.25, 0.3) is 0 Å². The number of rotatable bonds is 19. The lowest BCUT2D eigenvalue weighted by Gasteiger charge is -2.17. The van der Waals surface area contributed by atoms with Gasteiger partial charge in [-0.1, -0.05) is 33.6 Å². The first kappa shape index (κ1) is 35.1. The molecule has 2 unspecified atom stereocenters. The van der Waals surface area contributed by atoms with Crippen LogP contribution in [0.3, 0.4) is 0 Å². The smallest absolute Gasteiger partial charge is 0.253 e. The Bertz CT molecular complexity index is 990. The molecule has 7 N–H and O–H groups in total. The number of hydrogen-bond donors (Lipinski definition) is 5. The van der Waals surface area contributed by atoms with Gasteiger partial charge in [-0.2, -0.15) is 10.2 Å². The maximum Gasteiger partial charge on any atom is 0.253 e. The Balaban J connectivity index is 1.59. The highest BCUT2D eigenvalue weighted by molar-refractivity contribution is 8.76. The van der Waals surface area contributed by atoms with Gasteiger partial charge in [-0.25, -0.2) is 0 Å². The van der Waals surface area contributed by atoms with Gasteiger partial charge in [0.2, 0.25) is 5.91 Å². The zero-order valence-electron chi connectivity index (χ0n) is 22.8. The van der Waals surface area contributed by atoms with Crippen molar-refractivity contribution in [2.75, 3.05) is 58.9 Å². The van der Waals surface area contributed by atoms with Crippen LogP contribution >= 0.6 is 21.6 Å². The first-order valence-electron chi connectivity index (χ1n) is 12.9. The molecule has 12 nitrogen and oxygen atoms in total. The van der Waals surface area contributed by atoms with E-state index in [-0.39, 0.29) is 56.8 Å². The van der Waals surface area contributed by atoms with Crippen molar-refractivity contribution in [2.24, 2.45) is 11.5 Å². The van der Waals surface area contributed by atoms with E-state index in [1.165, 1.54) is 21.6 Å². The van der Waals surface area contributed by atoms with Crippen molar-refractivity contribution in [2.45, 2.75) is 36.5 Å². The topological polar surface area (TPSA) is 177 Å². The minimum absolute atomic E-state index is 0.0975. The van der Waals surface area contributed by atoms with E-state index in [4.69, 9.17) is 35.2 Å². The van der Waals surface area contributed by atoms with Crippen molar-refractivity contribution in [3.8, 4) is 17.5 Å². The average Bonchev–Trinajstić information content (AvgIpc) is 3.34. The minimum atomic E-state index is -1.95. The lowest BCUT2D eigenvalue weighted by Crippen LogP contribution is -2.33. The molecule has 1 radical (unpaired) electrons. The Morgan fingerprint density at radius 2 is 2.17 bits per heavy atom. The molecule has 1 aromatic carbocycles. The lowest BCUT2D eigenvalue weighted by molar-refractivity contribution is -0.126. The molecule has 2 rings (SSSR count). The van der Waals surface area contributed by atoms with E-state index in [1.807, 2.05) is 6.26 Å². The number of hydrogen-bond acceptors (Lipinski definition) is 12. The molecule has 0 aliphatic carbocycles. The maximum absolute atomic E-state index is 12.9. The maximum atomic E-state index is 12.9. The summed E-state index contributed by atoms with van der Waals surface area (Å²) in [5.74, 6) is 5.51. The van der Waals surface area contributed by atoms with E-state index in [0.717, 1.165) is 0 Å². The standard InChI is InChI=1S/C25H37BFN4O8S2/c1-40-41-23(16-37-18-5-2-4-17(12-18)24(34)31-9-7-28)36-11-10-35-15-22(33)30-8-3-6-26-21-13-19(39-25(27)29)20(14-32)38-21/h2,4-5,12,19-21,23,25,32H,7-11,13-16,28-29H2,1H3,(H,30,33)(H,31,34)/t19-,20?,21-,23?,25-/m1/s1. The summed E-state index contributed by atoms with van der Waals surface area (Å²) in [5.41, 5.74) is 10.6. The van der Waals surface area contributed by atoms with Crippen LogP contribution in [-0.4, -0.2) is 113 Å². The predicted molar refractivity (Wildman–Crippen MR) is 156 cm³/mol. The van der Waals surface area contributed by atoms with Gasteiger partial charge in [0, 0.05) is 24.7 Å². The Morgan fingerprint density at radius 3 is 2.90 bits per heavy atom. The molecule has 1 aliphatic rings. The van der Waals surface area contributed by atoms with Crippen LogP contribution in [0.15, 0.2) is 24.3 Å². The van der Waals surface area contributed by atoms with Crippen LogP contribution in [-0.2, 0) is 23.7 Å². The van der Waals surface area contributed by atoms with Gasteiger partial charge < -0.3 is 45.2 Å². The van der Waals surface area contributed by atoms with Gasteiger partial charge in [-0.15, -0.1) is 0 Å². The number of nitrogens with one attached hydrogen (secondary N) is 2. The second-order valence-electron chi connectivity index (χ2n) is 8.42. The summed E-state index contributed by atoms with van der Waals surface area (Å²) in [6, 6.07) is 6.40. The third-order valence-corrected chi connectivity index (χ3v) is 7.24. The molecular formula is C25H37BFN4O8S2. The second kappa shape index (κ2) is 20.8. The SMILES string of the molecule is CSSC(COc1cccc(C(=O)NCCN)c1)OCCOCC(=O)NCC#C[B][C@H]1C[C@@H](O[C@@H](N)F)C(CO)O1. The highest BCUT2D eigenvalue weighted by Crippen LogP contribution is 2.26. The van der Waals surface area contributed by atoms with E-state index in [0.29, 0.717) is 30.8 Å². The zero-order chi connectivity index (χ0) is 29.9. The lowest BCUT2D eigenvalue weighted by atomic mass is 9.71. The molecule has 1 heterocycles. The van der Waals surface area contributed by atoms with Crippen LogP contribution in [0.1, 0.15) is 16.8 Å². The highest BCUT2D eigenvalue weighted by Gasteiger charge is 2.36. The number of aliphatic hydroxyl groups excluding tert-OH is 1. The molecular weight excluding hydrogens is 578 g/mol. The summed E-state index contributed by atoms with van der Waals surface area (Å²) < 4.78 is 40.3. The van der Waals surface area contributed by atoms with Crippen LogP contribution in [0, 0.1) is 11.7 Å². The van der Waals surface area contributed by atoms with Gasteiger partial charge in [-0.05, 0) is 30.9 Å².